The summed E-state index contributed by atoms with van der Waals surface area (Å²) >= 11 is 5.56. The molecule has 0 saturated carbocycles. The standard InChI is InChI=1S/C14H18ClNO4/c1-14(11(17)9-5-3-2-4-6-9)13(19)20-10(7-8-15)12(18)16-14/h3-6,9-11,17H,2,7-8H2,1H3,(H,16,18)/t10?,11-,14?/m0/s1. The maximum Gasteiger partial charge on any atom is 0.335 e. The molecule has 2 N–H and O–H groups in total. The minimum absolute atomic E-state index is 0.221. The van der Waals surface area contributed by atoms with Crippen LogP contribution in [0.1, 0.15) is 19.8 Å². The summed E-state index contributed by atoms with van der Waals surface area (Å²) in [6.45, 7) is 1.48. The zero-order chi connectivity index (χ0) is 14.8. The topological polar surface area (TPSA) is 75.6 Å². The largest absolute Gasteiger partial charge is 0.450 e. The van der Waals surface area contributed by atoms with Crippen molar-refractivity contribution in [2.45, 2.75) is 37.5 Å². The molecule has 3 atom stereocenters. The molecule has 0 aromatic rings. The van der Waals surface area contributed by atoms with Crippen LogP contribution in [0.4, 0.5) is 0 Å². The lowest BCUT2D eigenvalue weighted by atomic mass is 9.82. The van der Waals surface area contributed by atoms with Crippen molar-refractivity contribution < 1.29 is 19.4 Å². The van der Waals surface area contributed by atoms with E-state index < -0.39 is 29.6 Å². The van der Waals surface area contributed by atoms with Gasteiger partial charge >= 0.3 is 5.97 Å². The van der Waals surface area contributed by atoms with E-state index in [9.17, 15) is 14.7 Å². The first-order valence-corrected chi connectivity index (χ1v) is 7.13. The number of morpholine rings is 1. The molecule has 2 unspecified atom stereocenters. The molecule has 6 heteroatoms. The van der Waals surface area contributed by atoms with Gasteiger partial charge in [-0.1, -0.05) is 24.3 Å². The first-order chi connectivity index (χ1) is 9.49. The SMILES string of the molecule is CC1([C@@H](O)C2C=CCC=C2)NC(=O)C(CCCl)OC1=O. The van der Waals surface area contributed by atoms with Gasteiger partial charge < -0.3 is 15.2 Å². The average Bonchev–Trinajstić information content (AvgIpc) is 2.45. The highest BCUT2D eigenvalue weighted by Gasteiger charge is 2.51. The van der Waals surface area contributed by atoms with E-state index in [2.05, 4.69) is 5.32 Å². The predicted octanol–water partition coefficient (Wildman–Crippen LogP) is 0.909. The van der Waals surface area contributed by atoms with Gasteiger partial charge in [-0.15, -0.1) is 11.6 Å². The number of hydrogen-bond donors (Lipinski definition) is 2. The number of esters is 1. The molecule has 1 amide bonds. The van der Waals surface area contributed by atoms with Crippen LogP contribution in [0.5, 0.6) is 0 Å². The van der Waals surface area contributed by atoms with Crippen molar-refractivity contribution >= 4 is 23.5 Å². The highest BCUT2D eigenvalue weighted by Crippen LogP contribution is 2.27. The number of hydrogen-bond acceptors (Lipinski definition) is 4. The van der Waals surface area contributed by atoms with Crippen LogP contribution in [0.15, 0.2) is 24.3 Å². The number of ether oxygens (including phenoxy) is 1. The molecule has 1 aliphatic carbocycles. The van der Waals surface area contributed by atoms with Crippen molar-refractivity contribution in [2.24, 2.45) is 5.92 Å². The van der Waals surface area contributed by atoms with Crippen molar-refractivity contribution in [3.8, 4) is 0 Å². The molecule has 2 aliphatic rings. The van der Waals surface area contributed by atoms with Crippen LogP contribution in [-0.4, -0.2) is 40.6 Å². The van der Waals surface area contributed by atoms with Crippen LogP contribution >= 0.6 is 11.6 Å². The fourth-order valence-electron chi connectivity index (χ4n) is 2.39. The molecule has 2 rings (SSSR count). The van der Waals surface area contributed by atoms with Crippen LogP contribution in [-0.2, 0) is 14.3 Å². The summed E-state index contributed by atoms with van der Waals surface area (Å²) in [5, 5.41) is 13.0. The van der Waals surface area contributed by atoms with Crippen molar-refractivity contribution in [2.75, 3.05) is 5.88 Å². The Kier molecular flexibility index (Phi) is 4.50. The number of aliphatic hydroxyl groups excluding tert-OH is 1. The Bertz CT molecular complexity index is 450. The van der Waals surface area contributed by atoms with E-state index in [1.54, 1.807) is 0 Å². The molecular weight excluding hydrogens is 282 g/mol. The van der Waals surface area contributed by atoms with Gasteiger partial charge in [0.15, 0.2) is 11.6 Å². The second kappa shape index (κ2) is 5.97. The molecule has 1 fully saturated rings. The summed E-state index contributed by atoms with van der Waals surface area (Å²) in [6.07, 6.45) is 6.55. The Morgan fingerprint density at radius 1 is 1.50 bits per heavy atom. The molecular formula is C14H18ClNO4. The van der Waals surface area contributed by atoms with Gasteiger partial charge in [0.1, 0.15) is 0 Å². The van der Waals surface area contributed by atoms with Gasteiger partial charge in [0.2, 0.25) is 0 Å². The number of nitrogens with one attached hydrogen (secondary N) is 1. The van der Waals surface area contributed by atoms with Crippen molar-refractivity contribution in [3.05, 3.63) is 24.3 Å². The maximum atomic E-state index is 12.1. The summed E-state index contributed by atoms with van der Waals surface area (Å²) in [5.74, 6) is -1.16. The number of halogens is 1. The van der Waals surface area contributed by atoms with E-state index in [0.717, 1.165) is 6.42 Å². The molecule has 1 aliphatic heterocycles. The minimum atomic E-state index is -1.45. The van der Waals surface area contributed by atoms with Gasteiger partial charge in [-0.2, -0.15) is 0 Å². The Labute approximate surface area is 122 Å². The van der Waals surface area contributed by atoms with Gasteiger partial charge in [-0.05, 0) is 13.3 Å². The zero-order valence-electron chi connectivity index (χ0n) is 11.2. The van der Waals surface area contributed by atoms with E-state index in [1.807, 2.05) is 24.3 Å². The molecule has 5 nitrogen and oxygen atoms in total. The van der Waals surface area contributed by atoms with E-state index in [0.29, 0.717) is 0 Å². The molecule has 110 valence electrons. The van der Waals surface area contributed by atoms with Crippen LogP contribution < -0.4 is 5.32 Å². The molecule has 0 spiro atoms. The van der Waals surface area contributed by atoms with Gasteiger partial charge in [-0.3, -0.25) is 4.79 Å². The second-order valence-corrected chi connectivity index (χ2v) is 5.56. The van der Waals surface area contributed by atoms with E-state index >= 15 is 0 Å². The molecule has 0 aromatic heterocycles. The Morgan fingerprint density at radius 2 is 2.15 bits per heavy atom. The third kappa shape index (κ3) is 2.74. The van der Waals surface area contributed by atoms with Crippen LogP contribution in [0.3, 0.4) is 0 Å². The van der Waals surface area contributed by atoms with Crippen molar-refractivity contribution in [1.29, 1.82) is 0 Å². The van der Waals surface area contributed by atoms with Crippen molar-refractivity contribution in [3.63, 3.8) is 0 Å². The number of amides is 1. The molecule has 0 radical (unpaired) electrons. The number of alkyl halides is 1. The quantitative estimate of drug-likeness (QED) is 0.460. The smallest absolute Gasteiger partial charge is 0.335 e. The minimum Gasteiger partial charge on any atom is -0.450 e. The Morgan fingerprint density at radius 3 is 2.75 bits per heavy atom. The number of cyclic esters (lactones) is 1. The van der Waals surface area contributed by atoms with Crippen LogP contribution in [0.25, 0.3) is 0 Å². The molecule has 20 heavy (non-hydrogen) atoms. The average molecular weight is 300 g/mol. The van der Waals surface area contributed by atoms with Crippen LogP contribution in [0.2, 0.25) is 0 Å². The van der Waals surface area contributed by atoms with Crippen molar-refractivity contribution in [1.82, 2.24) is 5.32 Å². The monoisotopic (exact) mass is 299 g/mol. The Hall–Kier alpha value is -1.33. The highest BCUT2D eigenvalue weighted by atomic mass is 35.5. The number of allylic oxidation sites excluding steroid dienone is 2. The first kappa shape index (κ1) is 15.1. The summed E-state index contributed by atoms with van der Waals surface area (Å²) in [5.41, 5.74) is -1.45. The number of carbonyl (C=O) groups excluding carboxylic acids is 2. The number of rotatable bonds is 4. The normalized spacial score (nSPS) is 31.9. The number of aliphatic hydroxyl groups is 1. The predicted molar refractivity (Wildman–Crippen MR) is 74.2 cm³/mol. The fourth-order valence-corrected chi connectivity index (χ4v) is 2.58. The second-order valence-electron chi connectivity index (χ2n) is 5.18. The first-order valence-electron chi connectivity index (χ1n) is 6.59. The third-order valence-corrected chi connectivity index (χ3v) is 3.88. The summed E-state index contributed by atoms with van der Waals surface area (Å²) in [6, 6.07) is 0. The molecule has 0 aromatic carbocycles. The van der Waals surface area contributed by atoms with E-state index in [1.165, 1.54) is 6.92 Å². The zero-order valence-corrected chi connectivity index (χ0v) is 12.0. The fraction of sp³-hybridized carbons (Fsp3) is 0.571. The summed E-state index contributed by atoms with van der Waals surface area (Å²) in [4.78, 5) is 24.1. The van der Waals surface area contributed by atoms with Gasteiger partial charge in [-0.25, -0.2) is 4.79 Å². The maximum absolute atomic E-state index is 12.1. The molecule has 1 heterocycles. The highest BCUT2D eigenvalue weighted by molar-refractivity contribution is 6.18. The van der Waals surface area contributed by atoms with Crippen LogP contribution in [0, 0.1) is 5.92 Å². The third-order valence-electron chi connectivity index (χ3n) is 3.66. The van der Waals surface area contributed by atoms with Gasteiger partial charge in [0.25, 0.3) is 5.91 Å². The lowest BCUT2D eigenvalue weighted by Crippen LogP contribution is -2.68. The lowest BCUT2D eigenvalue weighted by Gasteiger charge is -2.40. The van der Waals surface area contributed by atoms with Gasteiger partial charge in [0.05, 0.1) is 6.10 Å². The van der Waals surface area contributed by atoms with E-state index in [-0.39, 0.29) is 18.2 Å². The summed E-state index contributed by atoms with van der Waals surface area (Å²) < 4.78 is 5.12. The van der Waals surface area contributed by atoms with E-state index in [4.69, 9.17) is 16.3 Å². The Balaban J connectivity index is 2.15. The summed E-state index contributed by atoms with van der Waals surface area (Å²) in [7, 11) is 0. The molecule has 0 bridgehead atoms. The lowest BCUT2D eigenvalue weighted by molar-refractivity contribution is -0.177. The molecule has 1 saturated heterocycles. The number of carbonyl (C=O) groups is 2. The van der Waals surface area contributed by atoms with Gasteiger partial charge in [0, 0.05) is 18.2 Å².